The van der Waals surface area contributed by atoms with Crippen molar-refractivity contribution in [2.75, 3.05) is 0 Å². The van der Waals surface area contributed by atoms with Crippen LogP contribution in [-0.2, 0) is 0 Å². The molecule has 0 bridgehead atoms. The van der Waals surface area contributed by atoms with Gasteiger partial charge in [0, 0.05) is 9.85 Å². The van der Waals surface area contributed by atoms with Crippen LogP contribution in [0.25, 0.3) is 0 Å². The number of hydrogen-bond donors (Lipinski definition) is 0. The molecule has 0 aliphatic heterocycles. The monoisotopic (exact) mass is 230 g/mol. The van der Waals surface area contributed by atoms with Gasteiger partial charge in [-0.25, -0.2) is 0 Å². The first-order chi connectivity index (χ1) is 5.27. The topological polar surface area (TPSA) is 0 Å². The molecular weight excluding hydrogens is 223 g/mol. The van der Waals surface area contributed by atoms with Gasteiger partial charge < -0.3 is 0 Å². The Morgan fingerprint density at radius 1 is 1.45 bits per heavy atom. The third kappa shape index (κ3) is 1.60. The highest BCUT2D eigenvalue weighted by molar-refractivity contribution is 9.09. The summed E-state index contributed by atoms with van der Waals surface area (Å²) in [6.07, 6.45) is 1.25. The highest BCUT2D eigenvalue weighted by Gasteiger charge is 2.35. The molecule has 0 aromatic heterocycles. The van der Waals surface area contributed by atoms with E-state index >= 15 is 0 Å². The van der Waals surface area contributed by atoms with Gasteiger partial charge in [0.25, 0.3) is 0 Å². The van der Waals surface area contributed by atoms with Crippen molar-refractivity contribution >= 4 is 27.5 Å². The highest BCUT2D eigenvalue weighted by Crippen LogP contribution is 2.46. The molecule has 1 aliphatic rings. The van der Waals surface area contributed by atoms with Crippen molar-refractivity contribution < 1.29 is 0 Å². The lowest BCUT2D eigenvalue weighted by Crippen LogP contribution is -1.79. The Kier molecular flexibility index (Phi) is 1.94. The van der Waals surface area contributed by atoms with Gasteiger partial charge in [0.05, 0.1) is 0 Å². The Balaban J connectivity index is 2.25. The number of alkyl halides is 1. The Morgan fingerprint density at radius 3 is 2.73 bits per heavy atom. The second-order valence-corrected chi connectivity index (χ2v) is 4.53. The molecule has 11 heavy (non-hydrogen) atoms. The van der Waals surface area contributed by atoms with Gasteiger partial charge in [-0.05, 0) is 30.0 Å². The number of rotatable bonds is 1. The average molecular weight is 232 g/mol. The molecule has 1 fully saturated rings. The van der Waals surface area contributed by atoms with Crippen LogP contribution in [0, 0.1) is 0 Å². The first-order valence-electron chi connectivity index (χ1n) is 3.67. The summed E-state index contributed by atoms with van der Waals surface area (Å²) >= 11 is 9.42. The zero-order valence-electron chi connectivity index (χ0n) is 5.93. The van der Waals surface area contributed by atoms with Crippen molar-refractivity contribution in [2.45, 2.75) is 17.2 Å². The normalized spacial score (nSPS) is 28.5. The van der Waals surface area contributed by atoms with Gasteiger partial charge in [-0.1, -0.05) is 39.7 Å². The molecule has 0 amide bonds. The summed E-state index contributed by atoms with van der Waals surface area (Å²) in [6.45, 7) is 0. The van der Waals surface area contributed by atoms with Crippen LogP contribution in [0.5, 0.6) is 0 Å². The minimum Gasteiger partial charge on any atom is -0.0884 e. The molecule has 58 valence electrons. The molecule has 0 heterocycles. The average Bonchev–Trinajstić information content (AvgIpc) is 2.67. The minimum atomic E-state index is 0.681. The van der Waals surface area contributed by atoms with Gasteiger partial charge in [-0.3, -0.25) is 0 Å². The molecule has 0 nitrogen and oxygen atoms in total. The maximum atomic E-state index is 5.85. The van der Waals surface area contributed by atoms with E-state index in [2.05, 4.69) is 22.0 Å². The lowest BCUT2D eigenvalue weighted by atomic mass is 10.1. The molecule has 0 saturated heterocycles. The summed E-state index contributed by atoms with van der Waals surface area (Å²) in [4.78, 5) is 0.681. The molecule has 0 unspecified atom stereocenters. The molecule has 1 aromatic carbocycles. The third-order valence-corrected chi connectivity index (χ3v) is 3.24. The first-order valence-corrected chi connectivity index (χ1v) is 4.96. The molecule has 1 aliphatic carbocycles. The zero-order valence-corrected chi connectivity index (χ0v) is 8.27. The largest absolute Gasteiger partial charge is 0.0884 e. The zero-order chi connectivity index (χ0) is 7.84. The fraction of sp³-hybridized carbons (Fsp3) is 0.333. The van der Waals surface area contributed by atoms with Gasteiger partial charge >= 0.3 is 0 Å². The quantitative estimate of drug-likeness (QED) is 0.648. The van der Waals surface area contributed by atoms with E-state index < -0.39 is 0 Å². The standard InChI is InChI=1S/C9H8BrCl/c10-9-5-8(9)6-2-1-3-7(11)4-6/h1-4,8-9H,5H2/t8-,9+/m0/s1. The van der Waals surface area contributed by atoms with Gasteiger partial charge in [0.1, 0.15) is 0 Å². The Labute approximate surface area is 79.7 Å². The van der Waals surface area contributed by atoms with Crippen LogP contribution >= 0.6 is 27.5 Å². The summed E-state index contributed by atoms with van der Waals surface area (Å²) in [7, 11) is 0. The third-order valence-electron chi connectivity index (χ3n) is 1.99. The highest BCUT2D eigenvalue weighted by atomic mass is 79.9. The molecule has 2 heteroatoms. The van der Waals surface area contributed by atoms with Gasteiger partial charge in [0.15, 0.2) is 0 Å². The van der Waals surface area contributed by atoms with Gasteiger partial charge in [0.2, 0.25) is 0 Å². The van der Waals surface area contributed by atoms with E-state index in [0.29, 0.717) is 10.7 Å². The number of benzene rings is 1. The second-order valence-electron chi connectivity index (χ2n) is 2.91. The maximum Gasteiger partial charge on any atom is 0.0408 e. The SMILES string of the molecule is Clc1cccc([C@@H]2C[C@H]2Br)c1. The molecule has 1 aromatic rings. The summed E-state index contributed by atoms with van der Waals surface area (Å²) in [6, 6.07) is 8.11. The van der Waals surface area contributed by atoms with Crippen LogP contribution in [0.1, 0.15) is 17.9 Å². The number of hydrogen-bond acceptors (Lipinski definition) is 0. The molecular formula is C9H8BrCl. The van der Waals surface area contributed by atoms with E-state index in [1.807, 2.05) is 18.2 Å². The summed E-state index contributed by atoms with van der Waals surface area (Å²) in [5, 5.41) is 0.842. The van der Waals surface area contributed by atoms with Gasteiger partial charge in [-0.2, -0.15) is 0 Å². The fourth-order valence-electron chi connectivity index (χ4n) is 1.25. The van der Waals surface area contributed by atoms with Crippen LogP contribution in [0.2, 0.25) is 5.02 Å². The lowest BCUT2D eigenvalue weighted by molar-refractivity contribution is 1.14. The Hall–Kier alpha value is -0.0100. The van der Waals surface area contributed by atoms with E-state index in [4.69, 9.17) is 11.6 Å². The Morgan fingerprint density at radius 2 is 2.18 bits per heavy atom. The predicted octanol–water partition coefficient (Wildman–Crippen LogP) is 3.59. The lowest BCUT2D eigenvalue weighted by Gasteiger charge is -1.96. The predicted molar refractivity (Wildman–Crippen MR) is 51.5 cm³/mol. The summed E-state index contributed by atoms with van der Waals surface area (Å²) < 4.78 is 0. The van der Waals surface area contributed by atoms with Crippen LogP contribution in [0.3, 0.4) is 0 Å². The smallest absolute Gasteiger partial charge is 0.0408 e. The van der Waals surface area contributed by atoms with E-state index in [-0.39, 0.29) is 0 Å². The van der Waals surface area contributed by atoms with Crippen LogP contribution in [0.4, 0.5) is 0 Å². The molecule has 0 radical (unpaired) electrons. The summed E-state index contributed by atoms with van der Waals surface area (Å²) in [5.74, 6) is 0.702. The number of halogens is 2. The van der Waals surface area contributed by atoms with E-state index in [0.717, 1.165) is 5.02 Å². The van der Waals surface area contributed by atoms with Crippen molar-refractivity contribution in [1.29, 1.82) is 0 Å². The molecule has 0 N–H and O–H groups in total. The van der Waals surface area contributed by atoms with E-state index in [1.165, 1.54) is 12.0 Å². The second kappa shape index (κ2) is 2.80. The van der Waals surface area contributed by atoms with E-state index in [1.54, 1.807) is 0 Å². The Bertz CT molecular complexity index is 272. The first kappa shape index (κ1) is 7.63. The molecule has 0 spiro atoms. The van der Waals surface area contributed by atoms with E-state index in [9.17, 15) is 0 Å². The van der Waals surface area contributed by atoms with Crippen molar-refractivity contribution in [3.05, 3.63) is 34.9 Å². The molecule has 2 rings (SSSR count). The molecule has 2 atom stereocenters. The fourth-order valence-corrected chi connectivity index (χ4v) is 2.15. The molecule has 1 saturated carbocycles. The van der Waals surface area contributed by atoms with Crippen molar-refractivity contribution in [1.82, 2.24) is 0 Å². The van der Waals surface area contributed by atoms with Crippen LogP contribution < -0.4 is 0 Å². The minimum absolute atomic E-state index is 0.681. The maximum absolute atomic E-state index is 5.85. The van der Waals surface area contributed by atoms with Crippen molar-refractivity contribution in [2.24, 2.45) is 0 Å². The summed E-state index contributed by atoms with van der Waals surface area (Å²) in [5.41, 5.74) is 1.36. The van der Waals surface area contributed by atoms with Gasteiger partial charge in [-0.15, -0.1) is 0 Å². The van der Waals surface area contributed by atoms with Crippen LogP contribution in [-0.4, -0.2) is 4.83 Å². The van der Waals surface area contributed by atoms with Crippen molar-refractivity contribution in [3.63, 3.8) is 0 Å². The van der Waals surface area contributed by atoms with Crippen LogP contribution in [0.15, 0.2) is 24.3 Å². The van der Waals surface area contributed by atoms with Crippen molar-refractivity contribution in [3.8, 4) is 0 Å².